The Kier molecular flexibility index (Phi) is 4.66. The fourth-order valence-electron chi connectivity index (χ4n) is 2.53. The number of hydrazine groups is 1. The van der Waals surface area contributed by atoms with Crippen molar-refractivity contribution in [1.82, 2.24) is 15.3 Å². The van der Waals surface area contributed by atoms with E-state index < -0.39 is 0 Å². The first-order valence-electron chi connectivity index (χ1n) is 6.44. The second kappa shape index (κ2) is 6.47. The number of piperidine rings is 1. The molecule has 98 valence electrons. The summed E-state index contributed by atoms with van der Waals surface area (Å²) in [7, 11) is 0. The van der Waals surface area contributed by atoms with Crippen LogP contribution in [-0.2, 0) is 4.79 Å². The molecule has 5 nitrogen and oxygen atoms in total. The van der Waals surface area contributed by atoms with Gasteiger partial charge in [0.15, 0.2) is 0 Å². The predicted octanol–water partition coefficient (Wildman–Crippen LogP) is 0.989. The third-order valence-corrected chi connectivity index (χ3v) is 3.47. The molecule has 2 heterocycles. The molecule has 18 heavy (non-hydrogen) atoms. The number of hydrogen-bond donors (Lipinski definition) is 2. The molecule has 0 spiro atoms. The van der Waals surface area contributed by atoms with Gasteiger partial charge in [-0.15, -0.1) is 0 Å². The number of carbonyl (C=O) groups is 1. The molecule has 1 atom stereocenters. The van der Waals surface area contributed by atoms with Crippen molar-refractivity contribution in [2.45, 2.75) is 31.7 Å². The van der Waals surface area contributed by atoms with Crippen LogP contribution in [0.4, 0.5) is 0 Å². The van der Waals surface area contributed by atoms with Crippen LogP contribution < -0.4 is 11.3 Å². The lowest BCUT2D eigenvalue weighted by Gasteiger charge is -2.35. The summed E-state index contributed by atoms with van der Waals surface area (Å²) in [6, 6.07) is 4.46. The second-order valence-corrected chi connectivity index (χ2v) is 4.65. The molecule has 0 aromatic carbocycles. The van der Waals surface area contributed by atoms with E-state index in [0.717, 1.165) is 19.5 Å². The van der Waals surface area contributed by atoms with E-state index in [9.17, 15) is 4.79 Å². The van der Waals surface area contributed by atoms with Gasteiger partial charge >= 0.3 is 0 Å². The highest BCUT2D eigenvalue weighted by atomic mass is 16.2. The first kappa shape index (κ1) is 13.0. The van der Waals surface area contributed by atoms with E-state index in [0.29, 0.717) is 12.5 Å². The van der Waals surface area contributed by atoms with Crippen LogP contribution >= 0.6 is 0 Å². The summed E-state index contributed by atoms with van der Waals surface area (Å²) in [5, 5.41) is 0. The molecule has 5 heteroatoms. The van der Waals surface area contributed by atoms with E-state index in [4.69, 9.17) is 5.84 Å². The highest BCUT2D eigenvalue weighted by Gasteiger charge is 2.24. The first-order valence-corrected chi connectivity index (χ1v) is 6.44. The van der Waals surface area contributed by atoms with Crippen LogP contribution in [-0.4, -0.2) is 28.9 Å². The summed E-state index contributed by atoms with van der Waals surface area (Å²) in [5.74, 6) is 5.00. The SMILES string of the molecule is NNC(=O)CCN1CCCC[C@H]1c1cccnc1. The summed E-state index contributed by atoms with van der Waals surface area (Å²) in [5.41, 5.74) is 3.42. The van der Waals surface area contributed by atoms with Crippen LogP contribution in [0.3, 0.4) is 0 Å². The zero-order valence-corrected chi connectivity index (χ0v) is 10.5. The van der Waals surface area contributed by atoms with Crippen molar-refractivity contribution < 1.29 is 4.79 Å². The molecule has 3 N–H and O–H groups in total. The Morgan fingerprint density at radius 2 is 2.44 bits per heavy atom. The van der Waals surface area contributed by atoms with Crippen molar-refractivity contribution in [3.8, 4) is 0 Å². The van der Waals surface area contributed by atoms with Gasteiger partial charge in [0, 0.05) is 31.4 Å². The molecule has 1 amide bonds. The van der Waals surface area contributed by atoms with Gasteiger partial charge in [0.1, 0.15) is 0 Å². The molecule has 1 fully saturated rings. The molecule has 1 aliphatic rings. The largest absolute Gasteiger partial charge is 0.296 e. The number of amides is 1. The lowest BCUT2D eigenvalue weighted by molar-refractivity contribution is -0.121. The lowest BCUT2D eigenvalue weighted by Crippen LogP contribution is -2.38. The van der Waals surface area contributed by atoms with Crippen LogP contribution in [0.5, 0.6) is 0 Å². The number of nitrogens with one attached hydrogen (secondary N) is 1. The Hall–Kier alpha value is -1.46. The Bertz CT molecular complexity index is 382. The van der Waals surface area contributed by atoms with Gasteiger partial charge in [-0.2, -0.15) is 0 Å². The van der Waals surface area contributed by atoms with Gasteiger partial charge in [-0.3, -0.25) is 20.1 Å². The third-order valence-electron chi connectivity index (χ3n) is 3.47. The molecule has 1 aromatic heterocycles. The topological polar surface area (TPSA) is 71.2 Å². The van der Waals surface area contributed by atoms with Crippen LogP contribution in [0.15, 0.2) is 24.5 Å². The number of likely N-dealkylation sites (tertiary alicyclic amines) is 1. The molecule has 0 radical (unpaired) electrons. The summed E-state index contributed by atoms with van der Waals surface area (Å²) in [6.45, 7) is 1.79. The average molecular weight is 248 g/mol. The monoisotopic (exact) mass is 248 g/mol. The van der Waals surface area contributed by atoms with E-state index in [1.54, 1.807) is 6.20 Å². The summed E-state index contributed by atoms with van der Waals surface area (Å²) in [6.07, 6.45) is 7.73. The molecule has 0 bridgehead atoms. The van der Waals surface area contributed by atoms with Gasteiger partial charge in [-0.25, -0.2) is 5.84 Å². The number of carbonyl (C=O) groups excluding carboxylic acids is 1. The zero-order valence-electron chi connectivity index (χ0n) is 10.5. The fourth-order valence-corrected chi connectivity index (χ4v) is 2.53. The quantitative estimate of drug-likeness (QED) is 0.473. The minimum Gasteiger partial charge on any atom is -0.296 e. The number of pyridine rings is 1. The summed E-state index contributed by atoms with van der Waals surface area (Å²) >= 11 is 0. The van der Waals surface area contributed by atoms with Gasteiger partial charge in [-0.05, 0) is 31.0 Å². The van der Waals surface area contributed by atoms with Crippen molar-refractivity contribution in [2.75, 3.05) is 13.1 Å². The number of nitrogens with zero attached hydrogens (tertiary/aromatic N) is 2. The predicted molar refractivity (Wildman–Crippen MR) is 69.3 cm³/mol. The van der Waals surface area contributed by atoms with E-state index in [-0.39, 0.29) is 5.91 Å². The highest BCUT2D eigenvalue weighted by Crippen LogP contribution is 2.30. The van der Waals surface area contributed by atoms with Crippen LogP contribution in [0.1, 0.15) is 37.3 Å². The first-order chi connectivity index (χ1) is 8.81. The van der Waals surface area contributed by atoms with E-state index >= 15 is 0 Å². The highest BCUT2D eigenvalue weighted by molar-refractivity contribution is 5.75. The van der Waals surface area contributed by atoms with Crippen molar-refractivity contribution in [3.05, 3.63) is 30.1 Å². The molecule has 0 saturated carbocycles. The van der Waals surface area contributed by atoms with E-state index in [1.807, 2.05) is 12.3 Å². The van der Waals surface area contributed by atoms with Gasteiger partial charge < -0.3 is 0 Å². The Morgan fingerprint density at radius 3 is 3.17 bits per heavy atom. The van der Waals surface area contributed by atoms with Crippen molar-refractivity contribution in [2.24, 2.45) is 5.84 Å². The molecule has 1 aliphatic heterocycles. The lowest BCUT2D eigenvalue weighted by atomic mass is 9.96. The maximum Gasteiger partial charge on any atom is 0.235 e. The van der Waals surface area contributed by atoms with Gasteiger partial charge in [0.25, 0.3) is 0 Å². The van der Waals surface area contributed by atoms with Crippen molar-refractivity contribution in [1.29, 1.82) is 0 Å². The average Bonchev–Trinajstić information content (AvgIpc) is 2.46. The second-order valence-electron chi connectivity index (χ2n) is 4.65. The maximum atomic E-state index is 11.2. The molecular formula is C13H20N4O. The number of hydrogen-bond acceptors (Lipinski definition) is 4. The molecule has 1 saturated heterocycles. The Labute approximate surface area is 107 Å². The number of nitrogens with two attached hydrogens (primary N) is 1. The van der Waals surface area contributed by atoms with Crippen molar-refractivity contribution in [3.63, 3.8) is 0 Å². The molecule has 0 unspecified atom stereocenters. The third kappa shape index (κ3) is 3.27. The molecular weight excluding hydrogens is 228 g/mol. The summed E-state index contributed by atoms with van der Waals surface area (Å²) < 4.78 is 0. The Balaban J connectivity index is 2.00. The van der Waals surface area contributed by atoms with Crippen LogP contribution in [0.25, 0.3) is 0 Å². The summed E-state index contributed by atoms with van der Waals surface area (Å²) in [4.78, 5) is 17.8. The van der Waals surface area contributed by atoms with Gasteiger partial charge in [0.05, 0.1) is 0 Å². The standard InChI is InChI=1S/C13H20N4O/c14-16-13(18)6-9-17-8-2-1-5-12(17)11-4-3-7-15-10-11/h3-4,7,10,12H,1-2,5-6,8-9,14H2,(H,16,18)/t12-/m0/s1. The Morgan fingerprint density at radius 1 is 1.56 bits per heavy atom. The normalized spacial score (nSPS) is 20.6. The minimum absolute atomic E-state index is 0.106. The number of rotatable bonds is 4. The van der Waals surface area contributed by atoms with E-state index in [2.05, 4.69) is 21.4 Å². The van der Waals surface area contributed by atoms with E-state index in [1.165, 1.54) is 18.4 Å². The van der Waals surface area contributed by atoms with Crippen molar-refractivity contribution >= 4 is 5.91 Å². The van der Waals surface area contributed by atoms with Gasteiger partial charge in [-0.1, -0.05) is 12.5 Å². The minimum atomic E-state index is -0.106. The zero-order chi connectivity index (χ0) is 12.8. The fraction of sp³-hybridized carbons (Fsp3) is 0.538. The maximum absolute atomic E-state index is 11.2. The van der Waals surface area contributed by atoms with Gasteiger partial charge in [0.2, 0.25) is 5.91 Å². The molecule has 2 rings (SSSR count). The number of aromatic nitrogens is 1. The molecule has 1 aromatic rings. The van der Waals surface area contributed by atoms with Crippen LogP contribution in [0, 0.1) is 0 Å². The molecule has 0 aliphatic carbocycles. The van der Waals surface area contributed by atoms with Crippen LogP contribution in [0.2, 0.25) is 0 Å². The smallest absolute Gasteiger partial charge is 0.235 e.